The zero-order valence-corrected chi connectivity index (χ0v) is 18.0. The summed E-state index contributed by atoms with van der Waals surface area (Å²) < 4.78 is 11.5. The van der Waals surface area contributed by atoms with Gasteiger partial charge in [-0.1, -0.05) is 58.4 Å². The molecule has 4 nitrogen and oxygen atoms in total. The van der Waals surface area contributed by atoms with Crippen LogP contribution in [0.15, 0.2) is 65.1 Å². The Labute approximate surface area is 178 Å². The minimum Gasteiger partial charge on any atom is -0.493 e. The highest BCUT2D eigenvalue weighted by Gasteiger charge is 2.08. The van der Waals surface area contributed by atoms with Gasteiger partial charge in [0.05, 0.1) is 12.4 Å². The molecule has 28 heavy (non-hydrogen) atoms. The number of nitrogens with zero attached hydrogens (tertiary/aromatic N) is 2. The summed E-state index contributed by atoms with van der Waals surface area (Å²) in [4.78, 5) is 0. The molecule has 0 saturated heterocycles. The number of ether oxygens (including phenoxy) is 1. The van der Waals surface area contributed by atoms with Gasteiger partial charge in [0, 0.05) is 16.6 Å². The maximum absolute atomic E-state index is 5.78. The van der Waals surface area contributed by atoms with Gasteiger partial charge >= 0.3 is 0 Å². The number of hydrogen-bond acceptors (Lipinski definition) is 5. The number of aromatic nitrogens is 2. The molecule has 0 bridgehead atoms. The maximum atomic E-state index is 5.78. The van der Waals surface area contributed by atoms with Crippen LogP contribution in [0.3, 0.4) is 0 Å². The standard InChI is InChI=1S/C22H23BrN2O2S/c23-14-6-2-3-7-18-10-12-19(13-11-18)22-25-24-21(27-22)17-28-16-15-26-20-8-4-1-5-9-20/h1,3-5,7-13H,2,6,14-17H2/b7-3+. The summed E-state index contributed by atoms with van der Waals surface area (Å²) in [6.45, 7) is 0.653. The molecule has 0 radical (unpaired) electrons. The molecule has 0 aliphatic heterocycles. The molecule has 6 heteroatoms. The summed E-state index contributed by atoms with van der Waals surface area (Å²) in [5.41, 5.74) is 2.11. The van der Waals surface area contributed by atoms with Crippen LogP contribution in [0.1, 0.15) is 24.3 Å². The van der Waals surface area contributed by atoms with Gasteiger partial charge in [-0.05, 0) is 42.7 Å². The Morgan fingerprint density at radius 1 is 1.04 bits per heavy atom. The van der Waals surface area contributed by atoms with Crippen molar-refractivity contribution in [2.24, 2.45) is 0 Å². The van der Waals surface area contributed by atoms with Crippen LogP contribution < -0.4 is 4.74 Å². The van der Waals surface area contributed by atoms with E-state index in [2.05, 4.69) is 50.4 Å². The molecule has 3 aromatic rings. The van der Waals surface area contributed by atoms with E-state index in [1.54, 1.807) is 11.8 Å². The van der Waals surface area contributed by atoms with Crippen molar-refractivity contribution in [2.75, 3.05) is 17.7 Å². The Hall–Kier alpha value is -2.05. The van der Waals surface area contributed by atoms with Crippen LogP contribution in [0.2, 0.25) is 0 Å². The molecule has 0 fully saturated rings. The Morgan fingerprint density at radius 3 is 2.64 bits per heavy atom. The topological polar surface area (TPSA) is 48.2 Å². The lowest BCUT2D eigenvalue weighted by Gasteiger charge is -2.04. The Kier molecular flexibility index (Phi) is 8.65. The second kappa shape index (κ2) is 11.7. The van der Waals surface area contributed by atoms with E-state index in [1.807, 2.05) is 42.5 Å². The van der Waals surface area contributed by atoms with Crippen molar-refractivity contribution >= 4 is 33.8 Å². The van der Waals surface area contributed by atoms with Crippen LogP contribution in [0, 0.1) is 0 Å². The lowest BCUT2D eigenvalue weighted by Crippen LogP contribution is -2.00. The predicted octanol–water partition coefficient (Wildman–Crippen LogP) is 6.24. The Balaban J connectivity index is 1.42. The number of unbranched alkanes of at least 4 members (excludes halogenated alkanes) is 1. The summed E-state index contributed by atoms with van der Waals surface area (Å²) in [6.07, 6.45) is 6.56. The third-order valence-corrected chi connectivity index (χ3v) is 5.37. The van der Waals surface area contributed by atoms with E-state index in [4.69, 9.17) is 9.15 Å². The Morgan fingerprint density at radius 2 is 1.86 bits per heavy atom. The summed E-state index contributed by atoms with van der Waals surface area (Å²) in [5.74, 6) is 3.64. The van der Waals surface area contributed by atoms with Gasteiger partial charge in [-0.25, -0.2) is 0 Å². The van der Waals surface area contributed by atoms with Crippen LogP contribution in [-0.4, -0.2) is 27.9 Å². The Bertz CT molecular complexity index is 850. The molecule has 3 rings (SSSR count). The molecule has 0 N–H and O–H groups in total. The second-order valence-corrected chi connectivity index (χ2v) is 7.97. The first-order chi connectivity index (χ1) is 13.8. The van der Waals surface area contributed by atoms with Crippen molar-refractivity contribution in [3.63, 3.8) is 0 Å². The van der Waals surface area contributed by atoms with E-state index < -0.39 is 0 Å². The van der Waals surface area contributed by atoms with Gasteiger partial charge in [0.1, 0.15) is 5.75 Å². The van der Waals surface area contributed by atoms with Crippen molar-refractivity contribution < 1.29 is 9.15 Å². The van der Waals surface area contributed by atoms with Crippen LogP contribution in [-0.2, 0) is 5.75 Å². The molecular weight excluding hydrogens is 436 g/mol. The monoisotopic (exact) mass is 458 g/mol. The number of para-hydroxylation sites is 1. The molecule has 0 aliphatic rings. The van der Waals surface area contributed by atoms with Gasteiger partial charge in [0.25, 0.3) is 0 Å². The summed E-state index contributed by atoms with van der Waals surface area (Å²) in [5, 5.41) is 9.34. The van der Waals surface area contributed by atoms with Crippen molar-refractivity contribution in [3.8, 4) is 17.2 Å². The van der Waals surface area contributed by atoms with E-state index >= 15 is 0 Å². The second-order valence-electron chi connectivity index (χ2n) is 6.07. The van der Waals surface area contributed by atoms with Crippen LogP contribution in [0.4, 0.5) is 0 Å². The average Bonchev–Trinajstić information content (AvgIpc) is 3.21. The molecular formula is C22H23BrN2O2S. The van der Waals surface area contributed by atoms with Gasteiger partial charge in [-0.3, -0.25) is 0 Å². The lowest BCUT2D eigenvalue weighted by atomic mass is 10.1. The highest BCUT2D eigenvalue weighted by Crippen LogP contribution is 2.21. The molecule has 0 aliphatic carbocycles. The predicted molar refractivity (Wildman–Crippen MR) is 120 cm³/mol. The normalized spacial score (nSPS) is 11.2. The first-order valence-corrected chi connectivity index (χ1v) is 11.5. The highest BCUT2D eigenvalue weighted by molar-refractivity contribution is 9.09. The van der Waals surface area contributed by atoms with Gasteiger partial charge in [0.15, 0.2) is 0 Å². The van der Waals surface area contributed by atoms with Crippen molar-refractivity contribution in [3.05, 3.63) is 72.1 Å². The fourth-order valence-electron chi connectivity index (χ4n) is 2.47. The number of halogens is 1. The minimum atomic E-state index is 0.561. The summed E-state index contributed by atoms with van der Waals surface area (Å²) in [6, 6.07) is 18.0. The number of benzene rings is 2. The van der Waals surface area contributed by atoms with Crippen LogP contribution in [0.25, 0.3) is 17.5 Å². The SMILES string of the molecule is BrCCC/C=C/c1ccc(-c2nnc(CSCCOc3ccccc3)o2)cc1. The van der Waals surface area contributed by atoms with Gasteiger partial charge in [-0.2, -0.15) is 0 Å². The molecule has 1 heterocycles. The van der Waals surface area contributed by atoms with E-state index in [-0.39, 0.29) is 0 Å². The smallest absolute Gasteiger partial charge is 0.247 e. The number of hydrogen-bond donors (Lipinski definition) is 0. The van der Waals surface area contributed by atoms with E-state index in [1.165, 1.54) is 5.56 Å². The number of alkyl halides is 1. The lowest BCUT2D eigenvalue weighted by molar-refractivity contribution is 0.344. The van der Waals surface area contributed by atoms with Crippen molar-refractivity contribution in [2.45, 2.75) is 18.6 Å². The van der Waals surface area contributed by atoms with Crippen molar-refractivity contribution in [1.82, 2.24) is 10.2 Å². The molecule has 0 spiro atoms. The highest BCUT2D eigenvalue weighted by atomic mass is 79.9. The van der Waals surface area contributed by atoms with Gasteiger partial charge in [0.2, 0.25) is 11.8 Å². The van der Waals surface area contributed by atoms with E-state index in [9.17, 15) is 0 Å². The maximum Gasteiger partial charge on any atom is 0.247 e. The average molecular weight is 459 g/mol. The van der Waals surface area contributed by atoms with Crippen molar-refractivity contribution in [1.29, 1.82) is 0 Å². The molecule has 0 atom stereocenters. The van der Waals surface area contributed by atoms with E-state index in [0.29, 0.717) is 24.1 Å². The van der Waals surface area contributed by atoms with Gasteiger partial charge in [-0.15, -0.1) is 22.0 Å². The first-order valence-electron chi connectivity index (χ1n) is 9.26. The third kappa shape index (κ3) is 6.84. The van der Waals surface area contributed by atoms with Crippen LogP contribution in [0.5, 0.6) is 5.75 Å². The number of rotatable bonds is 11. The number of allylic oxidation sites excluding steroid dienone is 1. The molecule has 0 amide bonds. The van der Waals surface area contributed by atoms with Crippen LogP contribution >= 0.6 is 27.7 Å². The fourth-order valence-corrected chi connectivity index (χ4v) is 3.44. The summed E-state index contributed by atoms with van der Waals surface area (Å²) >= 11 is 5.16. The number of thioether (sulfide) groups is 1. The largest absolute Gasteiger partial charge is 0.493 e. The first kappa shape index (κ1) is 20.7. The minimum absolute atomic E-state index is 0.561. The zero-order chi connectivity index (χ0) is 19.4. The zero-order valence-electron chi connectivity index (χ0n) is 15.6. The molecule has 146 valence electrons. The quantitative estimate of drug-likeness (QED) is 0.251. The van der Waals surface area contributed by atoms with E-state index in [0.717, 1.165) is 35.2 Å². The molecule has 2 aromatic carbocycles. The van der Waals surface area contributed by atoms with Gasteiger partial charge < -0.3 is 9.15 Å². The third-order valence-electron chi connectivity index (χ3n) is 3.90. The molecule has 0 saturated carbocycles. The summed E-state index contributed by atoms with van der Waals surface area (Å²) in [7, 11) is 0. The molecule has 1 aromatic heterocycles. The fraction of sp³-hybridized carbons (Fsp3) is 0.273. The molecule has 0 unspecified atom stereocenters.